The Morgan fingerprint density at radius 2 is 1.87 bits per heavy atom. The number of allylic oxidation sites excluding steroid dienone is 1. The fourth-order valence-corrected chi connectivity index (χ4v) is 7.12. The van der Waals surface area contributed by atoms with Crippen molar-refractivity contribution in [1.29, 1.82) is 0 Å². The quantitative estimate of drug-likeness (QED) is 0.728. The predicted molar refractivity (Wildman–Crippen MR) is 88.4 cm³/mol. The third kappa shape index (κ3) is 1.99. The van der Waals surface area contributed by atoms with Crippen molar-refractivity contribution in [3.8, 4) is 0 Å². The summed E-state index contributed by atoms with van der Waals surface area (Å²) in [6.07, 6.45) is 8.92. The van der Waals surface area contributed by atoms with Crippen molar-refractivity contribution in [3.63, 3.8) is 0 Å². The van der Waals surface area contributed by atoms with Gasteiger partial charge in [-0.05, 0) is 80.1 Å². The molecule has 2 N–H and O–H groups in total. The Morgan fingerprint density at radius 3 is 2.61 bits per heavy atom. The predicted octanol–water partition coefficient (Wildman–Crippen LogP) is 3.45. The van der Waals surface area contributed by atoms with E-state index in [1.165, 1.54) is 5.57 Å². The van der Waals surface area contributed by atoms with Crippen LogP contribution in [-0.2, 0) is 4.79 Å². The minimum absolute atomic E-state index is 0.176. The summed E-state index contributed by atoms with van der Waals surface area (Å²) in [6, 6.07) is 0. The van der Waals surface area contributed by atoms with Crippen LogP contribution in [0.1, 0.15) is 65.2 Å². The van der Waals surface area contributed by atoms with Crippen LogP contribution in [0.3, 0.4) is 0 Å². The summed E-state index contributed by atoms with van der Waals surface area (Å²) in [4.78, 5) is 11.8. The molecule has 3 fully saturated rings. The molecule has 0 saturated heterocycles. The van der Waals surface area contributed by atoms with E-state index in [1.54, 1.807) is 0 Å². The van der Waals surface area contributed by atoms with Gasteiger partial charge in [-0.25, -0.2) is 0 Å². The van der Waals surface area contributed by atoms with Crippen molar-refractivity contribution in [2.75, 3.05) is 0 Å². The summed E-state index contributed by atoms with van der Waals surface area (Å²) < 4.78 is 0. The van der Waals surface area contributed by atoms with Crippen molar-refractivity contribution in [1.82, 2.24) is 0 Å². The van der Waals surface area contributed by atoms with E-state index in [0.29, 0.717) is 35.9 Å². The van der Waals surface area contributed by atoms with E-state index < -0.39 is 6.29 Å². The Labute approximate surface area is 139 Å². The molecule has 0 spiro atoms. The minimum atomic E-state index is -1.18. The molecule has 0 amide bonds. The zero-order valence-corrected chi connectivity index (χ0v) is 14.4. The summed E-state index contributed by atoms with van der Waals surface area (Å²) in [5.41, 5.74) is 1.29. The van der Waals surface area contributed by atoms with Gasteiger partial charge in [0.15, 0.2) is 12.1 Å². The van der Waals surface area contributed by atoms with Crippen LogP contribution in [0.2, 0.25) is 0 Å². The average Bonchev–Trinajstić information content (AvgIpc) is 2.86. The van der Waals surface area contributed by atoms with Gasteiger partial charge in [0, 0.05) is 11.8 Å². The van der Waals surface area contributed by atoms with Gasteiger partial charge in [-0.2, -0.15) is 0 Å². The normalized spacial score (nSPS) is 49.4. The van der Waals surface area contributed by atoms with E-state index in [9.17, 15) is 15.0 Å². The maximum Gasteiger partial charge on any atom is 0.157 e. The van der Waals surface area contributed by atoms with Crippen LogP contribution in [0.5, 0.6) is 0 Å². The van der Waals surface area contributed by atoms with Crippen LogP contribution in [0.25, 0.3) is 0 Å². The molecule has 4 aliphatic rings. The lowest BCUT2D eigenvalue weighted by Crippen LogP contribution is -2.54. The smallest absolute Gasteiger partial charge is 0.157 e. The molecule has 3 nitrogen and oxygen atoms in total. The topological polar surface area (TPSA) is 57.5 Å². The minimum Gasteiger partial charge on any atom is -0.368 e. The lowest BCUT2D eigenvalue weighted by molar-refractivity contribution is -0.203. The highest BCUT2D eigenvalue weighted by molar-refractivity contribution is 5.91. The zero-order valence-electron chi connectivity index (χ0n) is 14.4. The van der Waals surface area contributed by atoms with Crippen LogP contribution in [0, 0.1) is 34.5 Å². The van der Waals surface area contributed by atoms with E-state index in [4.69, 9.17) is 0 Å². The van der Waals surface area contributed by atoms with Crippen molar-refractivity contribution >= 4 is 5.78 Å². The molecule has 0 aromatic rings. The van der Waals surface area contributed by atoms with Crippen LogP contribution in [0.15, 0.2) is 11.6 Å². The maximum absolute atomic E-state index is 11.8. The molecule has 0 bridgehead atoms. The first-order valence-electron chi connectivity index (χ1n) is 9.49. The molecule has 3 saturated carbocycles. The van der Waals surface area contributed by atoms with E-state index in [-0.39, 0.29) is 10.8 Å². The molecule has 0 aliphatic heterocycles. The second-order valence-electron chi connectivity index (χ2n) is 8.97. The van der Waals surface area contributed by atoms with E-state index >= 15 is 0 Å². The number of aliphatic hydroxyl groups excluding tert-OH is 1. The molecule has 1 unspecified atom stereocenters. The molecule has 128 valence electrons. The molecule has 4 rings (SSSR count). The van der Waals surface area contributed by atoms with Gasteiger partial charge < -0.3 is 10.2 Å². The number of fused-ring (bicyclic) bond motifs is 5. The Bertz CT molecular complexity index is 551. The summed E-state index contributed by atoms with van der Waals surface area (Å²) in [5.74, 6) is 2.39. The van der Waals surface area contributed by atoms with Gasteiger partial charge in [0.25, 0.3) is 0 Å². The Hall–Kier alpha value is -0.670. The third-order valence-corrected chi connectivity index (χ3v) is 8.45. The van der Waals surface area contributed by atoms with Crippen LogP contribution in [0.4, 0.5) is 0 Å². The van der Waals surface area contributed by atoms with Crippen LogP contribution in [-0.4, -0.2) is 22.3 Å². The first kappa shape index (κ1) is 15.8. The van der Waals surface area contributed by atoms with E-state index in [1.807, 2.05) is 6.08 Å². The molecule has 0 aromatic carbocycles. The highest BCUT2D eigenvalue weighted by Crippen LogP contribution is 2.67. The van der Waals surface area contributed by atoms with Gasteiger partial charge in [-0.1, -0.05) is 19.4 Å². The number of aliphatic hydroxyl groups is 2. The first-order chi connectivity index (χ1) is 10.9. The second-order valence-corrected chi connectivity index (χ2v) is 8.97. The number of hydrogen-bond donors (Lipinski definition) is 2. The number of rotatable bonds is 1. The summed E-state index contributed by atoms with van der Waals surface area (Å²) in [7, 11) is 0. The molecule has 0 radical (unpaired) electrons. The summed E-state index contributed by atoms with van der Waals surface area (Å²) in [6.45, 7) is 4.60. The van der Waals surface area contributed by atoms with Crippen molar-refractivity contribution in [3.05, 3.63) is 11.6 Å². The van der Waals surface area contributed by atoms with Gasteiger partial charge in [0.1, 0.15) is 0 Å². The van der Waals surface area contributed by atoms with Gasteiger partial charge in [0.05, 0.1) is 0 Å². The fraction of sp³-hybridized carbons (Fsp3) is 0.850. The lowest BCUT2D eigenvalue weighted by atomic mass is 9.46. The zero-order chi connectivity index (χ0) is 16.4. The standard InChI is InChI=1S/C20H30O3/c1-12-3-6-17-15-5-4-13-11-14(21)7-9-19(13,2)16(15)8-10-20(12,17)18(22)23/h11-12,15-18,22-23H,3-10H2,1-2H3/t12?,15-,16+,17+,19+,20+/m1/s1. The SMILES string of the molecule is CC1CC[C@H]2[C@@H]3CCC4=CC(=O)CC[C@]4(C)[C@H]3CC[C@]12C(O)O. The molecule has 4 aliphatic carbocycles. The Balaban J connectivity index is 1.70. The number of carbonyl (C=O) groups is 1. The fourth-order valence-electron chi connectivity index (χ4n) is 7.12. The maximum atomic E-state index is 11.8. The average molecular weight is 318 g/mol. The second kappa shape index (κ2) is 5.16. The molecule has 0 aromatic heterocycles. The molecule has 6 atom stereocenters. The van der Waals surface area contributed by atoms with Crippen molar-refractivity contribution in [2.24, 2.45) is 34.5 Å². The highest BCUT2D eigenvalue weighted by atomic mass is 16.5. The highest BCUT2D eigenvalue weighted by Gasteiger charge is 2.62. The van der Waals surface area contributed by atoms with Gasteiger partial charge in [-0.3, -0.25) is 4.79 Å². The van der Waals surface area contributed by atoms with Gasteiger partial charge >= 0.3 is 0 Å². The largest absolute Gasteiger partial charge is 0.368 e. The third-order valence-electron chi connectivity index (χ3n) is 8.45. The Morgan fingerprint density at radius 1 is 1.09 bits per heavy atom. The number of hydrogen-bond acceptors (Lipinski definition) is 3. The molecule has 3 heteroatoms. The van der Waals surface area contributed by atoms with E-state index in [0.717, 1.165) is 44.9 Å². The summed E-state index contributed by atoms with van der Waals surface area (Å²) >= 11 is 0. The molecular formula is C20H30O3. The number of ketones is 1. The van der Waals surface area contributed by atoms with Gasteiger partial charge in [-0.15, -0.1) is 0 Å². The number of carbonyl (C=O) groups excluding carboxylic acids is 1. The van der Waals surface area contributed by atoms with E-state index in [2.05, 4.69) is 13.8 Å². The molecular weight excluding hydrogens is 288 g/mol. The van der Waals surface area contributed by atoms with Crippen molar-refractivity contribution in [2.45, 2.75) is 71.5 Å². The summed E-state index contributed by atoms with van der Waals surface area (Å²) in [5, 5.41) is 20.5. The molecule has 0 heterocycles. The Kier molecular flexibility index (Phi) is 3.55. The van der Waals surface area contributed by atoms with Crippen LogP contribution < -0.4 is 0 Å². The van der Waals surface area contributed by atoms with Crippen LogP contribution >= 0.6 is 0 Å². The van der Waals surface area contributed by atoms with Gasteiger partial charge in [0.2, 0.25) is 0 Å². The first-order valence-corrected chi connectivity index (χ1v) is 9.49. The van der Waals surface area contributed by atoms with Crippen molar-refractivity contribution < 1.29 is 15.0 Å². The monoisotopic (exact) mass is 318 g/mol. The molecule has 23 heavy (non-hydrogen) atoms. The lowest BCUT2D eigenvalue weighted by Gasteiger charge is -2.59.